The van der Waals surface area contributed by atoms with Gasteiger partial charge in [0.1, 0.15) is 6.54 Å². The Hall–Kier alpha value is -2.09. The number of fused-ring (bicyclic) bond motifs is 1. The van der Waals surface area contributed by atoms with Gasteiger partial charge >= 0.3 is 0 Å². The molecule has 3 N–H and O–H groups in total. The van der Waals surface area contributed by atoms with E-state index in [-0.39, 0.29) is 36.8 Å². The highest BCUT2D eigenvalue weighted by atomic mass is 35.5. The Labute approximate surface area is 152 Å². The molecule has 2 aromatic rings. The molecule has 1 aliphatic heterocycles. The zero-order chi connectivity index (χ0) is 16.9. The molecule has 1 fully saturated rings. The number of benzene rings is 1. The molecule has 25 heavy (non-hydrogen) atoms. The standard InChI is InChI=1S/C17H22N4O3.ClH/c1-18-17(23)10-21-6-4-12-2-3-13(8-15(12)21)20-16(22)9-14-11-24-7-5-19-14;/h2-4,6,8,14,19H,5,7,9-11H2,1H3,(H,18,23)(H,20,22);1H. The van der Waals surface area contributed by atoms with Gasteiger partial charge in [0.05, 0.1) is 18.7 Å². The van der Waals surface area contributed by atoms with Gasteiger partial charge in [0.15, 0.2) is 0 Å². The highest BCUT2D eigenvalue weighted by Crippen LogP contribution is 2.21. The van der Waals surface area contributed by atoms with E-state index in [1.807, 2.05) is 35.0 Å². The second-order valence-electron chi connectivity index (χ2n) is 5.87. The summed E-state index contributed by atoms with van der Waals surface area (Å²) in [5, 5.41) is 9.82. The Morgan fingerprint density at radius 1 is 1.32 bits per heavy atom. The van der Waals surface area contributed by atoms with Gasteiger partial charge in [-0.2, -0.15) is 0 Å². The molecule has 1 unspecified atom stereocenters. The molecule has 2 heterocycles. The average Bonchev–Trinajstić information content (AvgIpc) is 2.98. The van der Waals surface area contributed by atoms with Crippen molar-refractivity contribution in [1.82, 2.24) is 15.2 Å². The number of morpholine rings is 1. The third-order valence-electron chi connectivity index (χ3n) is 4.08. The fourth-order valence-corrected chi connectivity index (χ4v) is 2.82. The molecule has 8 heteroatoms. The zero-order valence-electron chi connectivity index (χ0n) is 14.1. The first-order valence-corrected chi connectivity index (χ1v) is 8.06. The Morgan fingerprint density at radius 3 is 2.88 bits per heavy atom. The summed E-state index contributed by atoms with van der Waals surface area (Å²) in [5.41, 5.74) is 1.64. The molecule has 0 bridgehead atoms. The van der Waals surface area contributed by atoms with Gasteiger partial charge in [-0.1, -0.05) is 6.07 Å². The van der Waals surface area contributed by atoms with E-state index < -0.39 is 0 Å². The number of carbonyl (C=O) groups is 2. The van der Waals surface area contributed by atoms with E-state index in [0.29, 0.717) is 19.6 Å². The average molecular weight is 367 g/mol. The molecule has 0 radical (unpaired) electrons. The van der Waals surface area contributed by atoms with Crippen LogP contribution in [0.2, 0.25) is 0 Å². The van der Waals surface area contributed by atoms with Gasteiger partial charge in [-0.15, -0.1) is 12.4 Å². The Bertz CT molecular complexity index is 741. The second-order valence-corrected chi connectivity index (χ2v) is 5.87. The van der Waals surface area contributed by atoms with E-state index in [4.69, 9.17) is 4.74 Å². The summed E-state index contributed by atoms with van der Waals surface area (Å²) in [4.78, 5) is 23.8. The summed E-state index contributed by atoms with van der Waals surface area (Å²) in [5.74, 6) is -0.118. The molecule has 1 aliphatic rings. The summed E-state index contributed by atoms with van der Waals surface area (Å²) in [6.07, 6.45) is 2.24. The van der Waals surface area contributed by atoms with Crippen LogP contribution in [0.15, 0.2) is 30.5 Å². The summed E-state index contributed by atoms with van der Waals surface area (Å²) >= 11 is 0. The fourth-order valence-electron chi connectivity index (χ4n) is 2.82. The van der Waals surface area contributed by atoms with Crippen LogP contribution in [0.5, 0.6) is 0 Å². The van der Waals surface area contributed by atoms with E-state index >= 15 is 0 Å². The van der Waals surface area contributed by atoms with Crippen molar-refractivity contribution in [2.75, 3.05) is 32.1 Å². The summed E-state index contributed by atoms with van der Waals surface area (Å²) in [6.45, 7) is 2.27. The number of nitrogens with zero attached hydrogens (tertiary/aromatic N) is 1. The molecule has 2 amide bonds. The van der Waals surface area contributed by atoms with Crippen molar-refractivity contribution in [3.05, 3.63) is 30.5 Å². The molecular weight excluding hydrogens is 344 g/mol. The first kappa shape index (κ1) is 19.2. The maximum absolute atomic E-state index is 12.2. The molecule has 1 atom stereocenters. The lowest BCUT2D eigenvalue weighted by molar-refractivity contribution is -0.121. The van der Waals surface area contributed by atoms with Crippen LogP contribution in [0, 0.1) is 0 Å². The van der Waals surface area contributed by atoms with E-state index in [2.05, 4.69) is 16.0 Å². The van der Waals surface area contributed by atoms with Crippen molar-refractivity contribution in [2.24, 2.45) is 0 Å². The minimum Gasteiger partial charge on any atom is -0.378 e. The number of nitrogens with one attached hydrogen (secondary N) is 3. The van der Waals surface area contributed by atoms with Crippen molar-refractivity contribution in [3.8, 4) is 0 Å². The number of halogens is 1. The van der Waals surface area contributed by atoms with E-state index in [0.717, 1.165) is 23.1 Å². The number of hydrogen-bond donors (Lipinski definition) is 3. The highest BCUT2D eigenvalue weighted by Gasteiger charge is 2.17. The fraction of sp³-hybridized carbons (Fsp3) is 0.412. The molecule has 0 aliphatic carbocycles. The normalized spacial score (nSPS) is 16.9. The summed E-state index contributed by atoms with van der Waals surface area (Å²) in [7, 11) is 1.61. The van der Waals surface area contributed by atoms with Gasteiger partial charge in [-0.3, -0.25) is 9.59 Å². The maximum Gasteiger partial charge on any atom is 0.239 e. The summed E-state index contributed by atoms with van der Waals surface area (Å²) < 4.78 is 7.22. The number of likely N-dealkylation sites (N-methyl/N-ethyl adjacent to an activating group) is 1. The van der Waals surface area contributed by atoms with Gasteiger partial charge in [0, 0.05) is 37.9 Å². The SMILES string of the molecule is CNC(=O)Cn1ccc2ccc(NC(=O)CC3COCCN3)cc21.Cl. The van der Waals surface area contributed by atoms with Crippen LogP contribution >= 0.6 is 12.4 Å². The van der Waals surface area contributed by atoms with Gasteiger partial charge in [0.2, 0.25) is 11.8 Å². The number of aromatic nitrogens is 1. The lowest BCUT2D eigenvalue weighted by Gasteiger charge is -2.23. The van der Waals surface area contributed by atoms with Crippen molar-refractivity contribution in [1.29, 1.82) is 0 Å². The Morgan fingerprint density at radius 2 is 2.16 bits per heavy atom. The molecule has 0 saturated carbocycles. The maximum atomic E-state index is 12.2. The van der Waals surface area contributed by atoms with Crippen LogP contribution in [-0.2, 0) is 20.9 Å². The molecule has 1 aromatic heterocycles. The first-order valence-electron chi connectivity index (χ1n) is 8.06. The predicted octanol–water partition coefficient (Wildman–Crippen LogP) is 1.13. The van der Waals surface area contributed by atoms with E-state index in [1.54, 1.807) is 7.05 Å². The lowest BCUT2D eigenvalue weighted by atomic mass is 10.2. The number of anilines is 1. The number of amides is 2. The second kappa shape index (κ2) is 8.84. The van der Waals surface area contributed by atoms with Gasteiger partial charge in [0.25, 0.3) is 0 Å². The third kappa shape index (κ3) is 4.94. The third-order valence-corrected chi connectivity index (χ3v) is 4.08. The van der Waals surface area contributed by atoms with Crippen LogP contribution in [-0.4, -0.2) is 49.2 Å². The van der Waals surface area contributed by atoms with Crippen molar-refractivity contribution < 1.29 is 14.3 Å². The smallest absolute Gasteiger partial charge is 0.239 e. The number of rotatable bonds is 5. The van der Waals surface area contributed by atoms with E-state index in [1.165, 1.54) is 0 Å². The largest absolute Gasteiger partial charge is 0.378 e. The minimum absolute atomic E-state index is 0. The van der Waals surface area contributed by atoms with Crippen LogP contribution in [0.1, 0.15) is 6.42 Å². The van der Waals surface area contributed by atoms with Crippen LogP contribution in [0.3, 0.4) is 0 Å². The quantitative estimate of drug-likeness (QED) is 0.740. The number of hydrogen-bond acceptors (Lipinski definition) is 4. The van der Waals surface area contributed by atoms with Gasteiger partial charge in [-0.25, -0.2) is 0 Å². The van der Waals surface area contributed by atoms with E-state index in [9.17, 15) is 9.59 Å². The monoisotopic (exact) mass is 366 g/mol. The number of carbonyl (C=O) groups excluding carboxylic acids is 2. The molecule has 136 valence electrons. The van der Waals surface area contributed by atoms with Crippen molar-refractivity contribution in [2.45, 2.75) is 19.0 Å². The molecule has 7 nitrogen and oxygen atoms in total. The molecule has 1 saturated heterocycles. The van der Waals surface area contributed by atoms with Crippen molar-refractivity contribution in [3.63, 3.8) is 0 Å². The predicted molar refractivity (Wildman–Crippen MR) is 99.1 cm³/mol. The minimum atomic E-state index is -0.0645. The molecule has 3 rings (SSSR count). The van der Waals surface area contributed by atoms with Crippen molar-refractivity contribution >= 4 is 40.8 Å². The molecule has 0 spiro atoms. The highest BCUT2D eigenvalue weighted by molar-refractivity contribution is 5.94. The van der Waals surface area contributed by atoms with Crippen LogP contribution in [0.4, 0.5) is 5.69 Å². The Balaban J connectivity index is 0.00000225. The van der Waals surface area contributed by atoms with Crippen LogP contribution in [0.25, 0.3) is 10.9 Å². The van der Waals surface area contributed by atoms with Crippen LogP contribution < -0.4 is 16.0 Å². The zero-order valence-corrected chi connectivity index (χ0v) is 14.9. The summed E-state index contributed by atoms with van der Waals surface area (Å²) in [6, 6.07) is 7.70. The van der Waals surface area contributed by atoms with Gasteiger partial charge in [-0.05, 0) is 23.6 Å². The first-order chi connectivity index (χ1) is 11.7. The molecular formula is C17H23ClN4O3. The lowest BCUT2D eigenvalue weighted by Crippen LogP contribution is -2.43. The number of ether oxygens (including phenoxy) is 1. The Kier molecular flexibility index (Phi) is 6.81. The molecule has 1 aromatic carbocycles. The topological polar surface area (TPSA) is 84.4 Å². The van der Waals surface area contributed by atoms with Gasteiger partial charge < -0.3 is 25.3 Å².